The highest BCUT2D eigenvalue weighted by atomic mass is 14.9. The summed E-state index contributed by atoms with van der Waals surface area (Å²) in [6.07, 6.45) is 0. The number of rotatable bonds is 3. The van der Waals surface area contributed by atoms with Gasteiger partial charge in [0, 0.05) is 18.6 Å². The predicted molar refractivity (Wildman–Crippen MR) is 108 cm³/mol. The van der Waals surface area contributed by atoms with Crippen molar-refractivity contribution < 1.29 is 4.57 Å². The molecule has 1 heterocycles. The molecule has 0 aliphatic heterocycles. The van der Waals surface area contributed by atoms with Crippen LogP contribution >= 0.6 is 0 Å². The van der Waals surface area contributed by atoms with Crippen LogP contribution in [-0.4, -0.2) is 0 Å². The number of pyridine rings is 1. The fraction of sp³-hybridized carbons (Fsp3) is 0.375. The van der Waals surface area contributed by atoms with Crippen molar-refractivity contribution in [3.8, 4) is 11.3 Å². The molecule has 0 amide bonds. The summed E-state index contributed by atoms with van der Waals surface area (Å²) in [6, 6.07) is 16.2. The van der Waals surface area contributed by atoms with Crippen LogP contribution in [0.15, 0.2) is 42.5 Å². The van der Waals surface area contributed by atoms with Gasteiger partial charge < -0.3 is 0 Å². The van der Waals surface area contributed by atoms with Gasteiger partial charge in [0.2, 0.25) is 5.69 Å². The van der Waals surface area contributed by atoms with Gasteiger partial charge in [0.25, 0.3) is 0 Å². The van der Waals surface area contributed by atoms with Crippen molar-refractivity contribution in [2.45, 2.75) is 53.4 Å². The number of fused-ring (bicyclic) bond motifs is 1. The molecule has 25 heavy (non-hydrogen) atoms. The van der Waals surface area contributed by atoms with Crippen molar-refractivity contribution in [2.24, 2.45) is 7.05 Å². The summed E-state index contributed by atoms with van der Waals surface area (Å²) >= 11 is 0. The Morgan fingerprint density at radius 2 is 1.36 bits per heavy atom. The normalized spacial score (nSPS) is 11.7. The largest absolute Gasteiger partial charge is 0.220 e. The van der Waals surface area contributed by atoms with Gasteiger partial charge in [0.05, 0.1) is 5.39 Å². The van der Waals surface area contributed by atoms with Gasteiger partial charge in [-0.3, -0.25) is 0 Å². The molecule has 0 bridgehead atoms. The minimum Gasteiger partial charge on any atom is -0.198 e. The predicted octanol–water partition coefficient (Wildman–Crippen LogP) is 6.19. The molecule has 0 radical (unpaired) electrons. The van der Waals surface area contributed by atoms with Gasteiger partial charge in [-0.15, -0.1) is 0 Å². The summed E-state index contributed by atoms with van der Waals surface area (Å²) in [5, 5.41) is 2.67. The third-order valence-electron chi connectivity index (χ3n) is 5.41. The molecule has 0 atom stereocenters. The Balaban J connectivity index is 2.36. The van der Waals surface area contributed by atoms with Crippen molar-refractivity contribution >= 4 is 10.8 Å². The van der Waals surface area contributed by atoms with Crippen LogP contribution in [0.25, 0.3) is 22.0 Å². The standard InChI is InChI=1S/C24H30N/c1-15(2)19-10-11-22-21(13-19)12-18(6)25(7)24(22)23-14-20(16(3)4)9-8-17(23)5/h8-16H,1-7H3/q+1. The van der Waals surface area contributed by atoms with Crippen LogP contribution in [0, 0.1) is 13.8 Å². The fourth-order valence-corrected chi connectivity index (χ4v) is 3.53. The second kappa shape index (κ2) is 6.63. The van der Waals surface area contributed by atoms with E-state index in [-0.39, 0.29) is 0 Å². The van der Waals surface area contributed by atoms with Gasteiger partial charge in [0.15, 0.2) is 5.69 Å². The molecule has 1 aromatic heterocycles. The van der Waals surface area contributed by atoms with Crippen LogP contribution in [0.3, 0.4) is 0 Å². The SMILES string of the molecule is Cc1ccc(C(C)C)cc1-c1c2ccc(C(C)C)cc2cc(C)[n+]1C. The second-order valence-electron chi connectivity index (χ2n) is 7.92. The van der Waals surface area contributed by atoms with Crippen LogP contribution < -0.4 is 4.57 Å². The third kappa shape index (κ3) is 3.20. The van der Waals surface area contributed by atoms with Gasteiger partial charge in [-0.2, -0.15) is 4.57 Å². The zero-order valence-electron chi connectivity index (χ0n) is 16.6. The van der Waals surface area contributed by atoms with Gasteiger partial charge >= 0.3 is 0 Å². The van der Waals surface area contributed by atoms with E-state index in [0.29, 0.717) is 11.8 Å². The highest BCUT2D eigenvalue weighted by molar-refractivity contribution is 5.94. The maximum Gasteiger partial charge on any atom is 0.220 e. The van der Waals surface area contributed by atoms with Crippen molar-refractivity contribution in [3.63, 3.8) is 0 Å². The average Bonchev–Trinajstić information content (AvgIpc) is 2.56. The summed E-state index contributed by atoms with van der Waals surface area (Å²) < 4.78 is 2.34. The first kappa shape index (κ1) is 17.7. The monoisotopic (exact) mass is 332 g/mol. The van der Waals surface area contributed by atoms with Crippen molar-refractivity contribution in [1.29, 1.82) is 0 Å². The first-order valence-corrected chi connectivity index (χ1v) is 9.33. The Bertz CT molecular complexity index is 932. The zero-order chi connectivity index (χ0) is 18.3. The van der Waals surface area contributed by atoms with E-state index in [1.807, 2.05) is 0 Å². The Morgan fingerprint density at radius 3 is 2.00 bits per heavy atom. The van der Waals surface area contributed by atoms with Gasteiger partial charge in [-0.1, -0.05) is 52.0 Å². The lowest BCUT2D eigenvalue weighted by Gasteiger charge is -2.14. The van der Waals surface area contributed by atoms with Crippen molar-refractivity contribution in [3.05, 3.63) is 64.8 Å². The summed E-state index contributed by atoms with van der Waals surface area (Å²) in [5.74, 6) is 1.08. The van der Waals surface area contributed by atoms with Gasteiger partial charge in [-0.05, 0) is 53.0 Å². The molecule has 0 spiro atoms. The van der Waals surface area contributed by atoms with Crippen LogP contribution in [0.5, 0.6) is 0 Å². The molecule has 0 aliphatic rings. The fourth-order valence-electron chi connectivity index (χ4n) is 3.53. The van der Waals surface area contributed by atoms with Crippen LogP contribution in [0.4, 0.5) is 0 Å². The topological polar surface area (TPSA) is 3.88 Å². The molecule has 3 aromatic rings. The summed E-state index contributed by atoms with van der Waals surface area (Å²) in [7, 11) is 2.18. The first-order valence-electron chi connectivity index (χ1n) is 9.33. The highest BCUT2D eigenvalue weighted by Gasteiger charge is 2.20. The lowest BCUT2D eigenvalue weighted by atomic mass is 9.92. The van der Waals surface area contributed by atoms with E-state index in [1.165, 1.54) is 44.4 Å². The molecule has 0 saturated carbocycles. The number of aromatic nitrogens is 1. The first-order chi connectivity index (χ1) is 11.8. The third-order valence-corrected chi connectivity index (χ3v) is 5.41. The maximum atomic E-state index is 2.38. The van der Waals surface area contributed by atoms with E-state index in [2.05, 4.69) is 95.6 Å². The average molecular weight is 333 g/mol. The second-order valence-corrected chi connectivity index (χ2v) is 7.92. The Labute approximate surface area is 152 Å². The van der Waals surface area contributed by atoms with E-state index in [9.17, 15) is 0 Å². The lowest BCUT2D eigenvalue weighted by Crippen LogP contribution is -2.35. The Hall–Kier alpha value is -2.15. The molecule has 0 saturated heterocycles. The number of nitrogens with zero attached hydrogens (tertiary/aromatic N) is 1. The quantitative estimate of drug-likeness (QED) is 0.503. The van der Waals surface area contributed by atoms with Crippen LogP contribution in [0.2, 0.25) is 0 Å². The molecule has 1 heteroatoms. The summed E-state index contributed by atoms with van der Waals surface area (Å²) in [5.41, 5.74) is 8.09. The van der Waals surface area contributed by atoms with E-state index in [4.69, 9.17) is 0 Å². The van der Waals surface area contributed by atoms with Crippen molar-refractivity contribution in [1.82, 2.24) is 0 Å². The van der Waals surface area contributed by atoms with Gasteiger partial charge in [0.1, 0.15) is 7.05 Å². The number of aryl methyl sites for hydroxylation is 2. The molecule has 0 fully saturated rings. The Morgan fingerprint density at radius 1 is 0.760 bits per heavy atom. The molecule has 0 unspecified atom stereocenters. The number of hydrogen-bond acceptors (Lipinski definition) is 0. The van der Waals surface area contributed by atoms with E-state index in [1.54, 1.807) is 0 Å². The smallest absolute Gasteiger partial charge is 0.198 e. The summed E-state index contributed by atoms with van der Waals surface area (Å²) in [4.78, 5) is 0. The zero-order valence-corrected chi connectivity index (χ0v) is 16.6. The number of hydrogen-bond donors (Lipinski definition) is 0. The minimum absolute atomic E-state index is 0.535. The molecular formula is C24H30N+. The molecule has 2 aromatic carbocycles. The lowest BCUT2D eigenvalue weighted by molar-refractivity contribution is -0.665. The van der Waals surface area contributed by atoms with Crippen LogP contribution in [0.1, 0.15) is 61.9 Å². The number of benzene rings is 2. The highest BCUT2D eigenvalue weighted by Crippen LogP contribution is 2.32. The summed E-state index contributed by atoms with van der Waals surface area (Å²) in [6.45, 7) is 13.5. The maximum absolute atomic E-state index is 2.38. The van der Waals surface area contributed by atoms with E-state index < -0.39 is 0 Å². The molecule has 0 N–H and O–H groups in total. The molecule has 130 valence electrons. The molecule has 0 aliphatic carbocycles. The van der Waals surface area contributed by atoms with Crippen LogP contribution in [-0.2, 0) is 7.05 Å². The van der Waals surface area contributed by atoms with E-state index in [0.717, 1.165) is 0 Å². The molecule has 3 rings (SSSR count). The van der Waals surface area contributed by atoms with Gasteiger partial charge in [-0.25, -0.2) is 0 Å². The van der Waals surface area contributed by atoms with Crippen molar-refractivity contribution in [2.75, 3.05) is 0 Å². The minimum atomic E-state index is 0.535. The Kier molecular flexibility index (Phi) is 4.69. The van der Waals surface area contributed by atoms with E-state index >= 15 is 0 Å². The molecule has 1 nitrogen and oxygen atoms in total. The molecular weight excluding hydrogens is 302 g/mol.